The van der Waals surface area contributed by atoms with Crippen LogP contribution >= 0.6 is 43.5 Å². The van der Waals surface area contributed by atoms with E-state index in [-0.39, 0.29) is 5.56 Å². The third-order valence-electron chi connectivity index (χ3n) is 4.82. The number of fused-ring (bicyclic) bond motifs is 1. The molecule has 5 nitrogen and oxygen atoms in total. The quantitative estimate of drug-likeness (QED) is 0.244. The van der Waals surface area contributed by atoms with Crippen LogP contribution in [0.25, 0.3) is 10.9 Å². The van der Waals surface area contributed by atoms with Crippen molar-refractivity contribution in [2.24, 2.45) is 5.10 Å². The van der Waals surface area contributed by atoms with Gasteiger partial charge in [0, 0.05) is 31.5 Å². The summed E-state index contributed by atoms with van der Waals surface area (Å²) in [4.78, 5) is 17.7. The van der Waals surface area contributed by atoms with Crippen LogP contribution < -0.4 is 10.3 Å². The molecule has 0 saturated carbocycles. The van der Waals surface area contributed by atoms with E-state index in [1.807, 2.05) is 61.5 Å². The van der Waals surface area contributed by atoms with Gasteiger partial charge in [-0.3, -0.25) is 4.79 Å². The van der Waals surface area contributed by atoms with E-state index in [4.69, 9.17) is 16.3 Å². The second-order valence-corrected chi connectivity index (χ2v) is 9.21. The predicted octanol–water partition coefficient (Wildman–Crippen LogP) is 6.60. The van der Waals surface area contributed by atoms with Gasteiger partial charge >= 0.3 is 0 Å². The Kier molecular flexibility index (Phi) is 7.08. The van der Waals surface area contributed by atoms with E-state index >= 15 is 0 Å². The Bertz CT molecular complexity index is 1390. The normalized spacial score (nSPS) is 11.4. The highest BCUT2D eigenvalue weighted by Crippen LogP contribution is 2.24. The van der Waals surface area contributed by atoms with Gasteiger partial charge in [-0.2, -0.15) is 9.78 Å². The molecule has 0 unspecified atom stereocenters. The average Bonchev–Trinajstić information content (AvgIpc) is 2.79. The summed E-state index contributed by atoms with van der Waals surface area (Å²) in [5, 5.41) is 5.62. The molecule has 0 aliphatic carbocycles. The summed E-state index contributed by atoms with van der Waals surface area (Å²) < 4.78 is 9.03. The first kappa shape index (κ1) is 22.7. The highest BCUT2D eigenvalue weighted by molar-refractivity contribution is 9.10. The molecule has 162 valence electrons. The Morgan fingerprint density at radius 2 is 1.84 bits per heavy atom. The van der Waals surface area contributed by atoms with E-state index in [0.29, 0.717) is 40.5 Å². The van der Waals surface area contributed by atoms with Gasteiger partial charge in [-0.1, -0.05) is 68.6 Å². The van der Waals surface area contributed by atoms with E-state index in [1.165, 1.54) is 4.68 Å². The molecule has 32 heavy (non-hydrogen) atoms. The van der Waals surface area contributed by atoms with Crippen LogP contribution in [0, 0.1) is 0 Å². The second-order valence-electron chi connectivity index (χ2n) is 6.97. The summed E-state index contributed by atoms with van der Waals surface area (Å²) in [5.74, 6) is 1.20. The standard InChI is InChI=1S/C24H18Br2ClN3O2/c1-2-23-29-21-9-7-18(26)12-19(21)24(31)30(23)28-13-16-11-17(25)8-10-22(16)32-14-15-5-3-4-6-20(15)27/h3-13H,2,14H2,1H3. The molecule has 0 fully saturated rings. The Morgan fingerprint density at radius 3 is 2.62 bits per heavy atom. The molecule has 4 rings (SSSR count). The Balaban J connectivity index is 1.71. The summed E-state index contributed by atoms with van der Waals surface area (Å²) in [6.07, 6.45) is 2.17. The van der Waals surface area contributed by atoms with Crippen molar-refractivity contribution in [2.45, 2.75) is 20.0 Å². The van der Waals surface area contributed by atoms with Crippen molar-refractivity contribution in [3.05, 3.63) is 102 Å². The van der Waals surface area contributed by atoms with Crippen molar-refractivity contribution in [3.63, 3.8) is 0 Å². The molecule has 0 radical (unpaired) electrons. The first-order valence-corrected chi connectivity index (χ1v) is 11.8. The molecule has 3 aromatic carbocycles. The average molecular weight is 576 g/mol. The van der Waals surface area contributed by atoms with Gasteiger partial charge in [-0.05, 0) is 42.5 Å². The summed E-state index contributed by atoms with van der Waals surface area (Å²) in [5.41, 5.74) is 2.02. The van der Waals surface area contributed by atoms with Crippen molar-refractivity contribution in [3.8, 4) is 5.75 Å². The fourth-order valence-electron chi connectivity index (χ4n) is 3.19. The zero-order chi connectivity index (χ0) is 22.7. The minimum atomic E-state index is -0.224. The minimum Gasteiger partial charge on any atom is -0.488 e. The number of hydrogen-bond acceptors (Lipinski definition) is 4. The van der Waals surface area contributed by atoms with Gasteiger partial charge in [-0.15, -0.1) is 0 Å². The van der Waals surface area contributed by atoms with Crippen molar-refractivity contribution in [1.29, 1.82) is 0 Å². The first-order chi connectivity index (χ1) is 15.5. The molecule has 0 aliphatic rings. The zero-order valence-electron chi connectivity index (χ0n) is 17.1. The Hall–Kier alpha value is -2.48. The van der Waals surface area contributed by atoms with Crippen LogP contribution in [0.5, 0.6) is 5.75 Å². The monoisotopic (exact) mass is 573 g/mol. The fraction of sp³-hybridized carbons (Fsp3) is 0.125. The molecule has 0 bridgehead atoms. The number of hydrogen-bond donors (Lipinski definition) is 0. The SMILES string of the molecule is CCc1nc2ccc(Br)cc2c(=O)n1N=Cc1cc(Br)ccc1OCc1ccccc1Cl. The molecule has 0 atom stereocenters. The highest BCUT2D eigenvalue weighted by atomic mass is 79.9. The molecule has 4 aromatic rings. The molecule has 0 aliphatic heterocycles. The fourth-order valence-corrected chi connectivity index (χ4v) is 4.12. The number of halogens is 3. The summed E-state index contributed by atoms with van der Waals surface area (Å²) in [6.45, 7) is 2.25. The van der Waals surface area contributed by atoms with Crippen molar-refractivity contribution in [1.82, 2.24) is 9.66 Å². The maximum Gasteiger partial charge on any atom is 0.282 e. The lowest BCUT2D eigenvalue weighted by molar-refractivity contribution is 0.306. The molecule has 0 saturated heterocycles. The Morgan fingerprint density at radius 1 is 1.09 bits per heavy atom. The second kappa shape index (κ2) is 9.98. The molecule has 8 heteroatoms. The summed E-state index contributed by atoms with van der Waals surface area (Å²) in [7, 11) is 0. The van der Waals surface area contributed by atoms with E-state index in [1.54, 1.807) is 12.3 Å². The maximum absolute atomic E-state index is 13.1. The van der Waals surface area contributed by atoms with Crippen molar-refractivity contribution >= 4 is 60.6 Å². The van der Waals surface area contributed by atoms with Crippen LogP contribution in [0.1, 0.15) is 23.9 Å². The van der Waals surface area contributed by atoms with E-state index in [0.717, 1.165) is 20.1 Å². The number of nitrogens with zero attached hydrogens (tertiary/aromatic N) is 3. The van der Waals surface area contributed by atoms with Gasteiger partial charge in [0.05, 0.1) is 17.1 Å². The van der Waals surface area contributed by atoms with Crippen molar-refractivity contribution < 1.29 is 4.74 Å². The third-order valence-corrected chi connectivity index (χ3v) is 6.17. The lowest BCUT2D eigenvalue weighted by Crippen LogP contribution is -2.22. The largest absolute Gasteiger partial charge is 0.488 e. The molecular formula is C24H18Br2ClN3O2. The lowest BCUT2D eigenvalue weighted by Gasteiger charge is -2.11. The summed E-state index contributed by atoms with van der Waals surface area (Å²) >= 11 is 13.1. The molecule has 1 heterocycles. The number of benzene rings is 3. The van der Waals surface area contributed by atoms with E-state index in [2.05, 4.69) is 41.9 Å². The number of aromatic nitrogens is 2. The lowest BCUT2D eigenvalue weighted by atomic mass is 10.2. The van der Waals surface area contributed by atoms with Crippen LogP contribution in [-0.4, -0.2) is 15.9 Å². The van der Waals surface area contributed by atoms with Crippen LogP contribution in [-0.2, 0) is 13.0 Å². The zero-order valence-corrected chi connectivity index (χ0v) is 21.0. The first-order valence-electron chi connectivity index (χ1n) is 9.87. The van der Waals surface area contributed by atoms with E-state index < -0.39 is 0 Å². The van der Waals surface area contributed by atoms with Gasteiger partial charge in [0.2, 0.25) is 0 Å². The van der Waals surface area contributed by atoms with Crippen LogP contribution in [0.2, 0.25) is 5.02 Å². The summed E-state index contributed by atoms with van der Waals surface area (Å²) in [6, 6.07) is 18.6. The van der Waals surface area contributed by atoms with Gasteiger partial charge in [0.1, 0.15) is 18.2 Å². The smallest absolute Gasteiger partial charge is 0.282 e. The molecular weight excluding hydrogens is 558 g/mol. The maximum atomic E-state index is 13.1. The van der Waals surface area contributed by atoms with Crippen LogP contribution in [0.15, 0.2) is 79.5 Å². The van der Waals surface area contributed by atoms with E-state index in [9.17, 15) is 4.79 Å². The van der Waals surface area contributed by atoms with Gasteiger partial charge in [0.25, 0.3) is 5.56 Å². The molecule has 0 amide bonds. The number of rotatable bonds is 6. The number of aryl methyl sites for hydroxylation is 1. The number of ether oxygens (including phenoxy) is 1. The van der Waals surface area contributed by atoms with Gasteiger partial charge in [0.15, 0.2) is 0 Å². The molecule has 0 spiro atoms. The van der Waals surface area contributed by atoms with Crippen LogP contribution in [0.3, 0.4) is 0 Å². The van der Waals surface area contributed by atoms with Gasteiger partial charge < -0.3 is 4.74 Å². The van der Waals surface area contributed by atoms with Crippen LogP contribution in [0.4, 0.5) is 0 Å². The minimum absolute atomic E-state index is 0.224. The third kappa shape index (κ3) is 4.95. The van der Waals surface area contributed by atoms with Gasteiger partial charge in [-0.25, -0.2) is 4.98 Å². The Labute approximate surface area is 207 Å². The molecule has 0 N–H and O–H groups in total. The molecule has 1 aromatic heterocycles. The van der Waals surface area contributed by atoms with Crippen molar-refractivity contribution in [2.75, 3.05) is 0 Å². The predicted molar refractivity (Wildman–Crippen MR) is 136 cm³/mol. The highest BCUT2D eigenvalue weighted by Gasteiger charge is 2.11. The topological polar surface area (TPSA) is 56.5 Å².